The molecule has 1 N–H and O–H groups in total. The summed E-state index contributed by atoms with van der Waals surface area (Å²) in [5.41, 5.74) is 2.72. The number of nitrogens with one attached hydrogen (secondary N) is 1. The van der Waals surface area contributed by atoms with Crippen LogP contribution in [0.2, 0.25) is 0 Å². The number of methoxy groups -OCH3 is 1. The first-order valence-electron chi connectivity index (χ1n) is 5.30. The Morgan fingerprint density at radius 2 is 2.29 bits per heavy atom. The van der Waals surface area contributed by atoms with Crippen LogP contribution >= 0.6 is 0 Å². The topological polar surface area (TPSA) is 59.9 Å². The summed E-state index contributed by atoms with van der Waals surface area (Å²) < 4.78 is 5.23. The summed E-state index contributed by atoms with van der Waals surface area (Å²) in [7, 11) is 1.62. The molecule has 5 nitrogen and oxygen atoms in total. The van der Waals surface area contributed by atoms with Crippen molar-refractivity contribution in [1.29, 1.82) is 0 Å². The van der Waals surface area contributed by atoms with E-state index in [9.17, 15) is 0 Å². The third-order valence-corrected chi connectivity index (χ3v) is 2.31. The number of aryl methyl sites for hydroxylation is 1. The number of pyridine rings is 1. The number of anilines is 1. The lowest BCUT2D eigenvalue weighted by Crippen LogP contribution is -2.04. The summed E-state index contributed by atoms with van der Waals surface area (Å²) in [4.78, 5) is 4.17. The van der Waals surface area contributed by atoms with Crippen LogP contribution < -0.4 is 10.1 Å². The van der Waals surface area contributed by atoms with Gasteiger partial charge in [-0.15, -0.1) is 0 Å². The van der Waals surface area contributed by atoms with Gasteiger partial charge in [-0.25, -0.2) is 0 Å². The van der Waals surface area contributed by atoms with E-state index >= 15 is 0 Å². The first-order chi connectivity index (χ1) is 8.29. The summed E-state index contributed by atoms with van der Waals surface area (Å²) in [5, 5.41) is 11.1. The van der Waals surface area contributed by atoms with Crippen molar-refractivity contribution in [2.45, 2.75) is 13.5 Å². The van der Waals surface area contributed by atoms with Crippen molar-refractivity contribution < 1.29 is 4.74 Å². The van der Waals surface area contributed by atoms with Crippen molar-refractivity contribution in [3.63, 3.8) is 0 Å². The van der Waals surface area contributed by atoms with Crippen molar-refractivity contribution in [2.75, 3.05) is 12.4 Å². The van der Waals surface area contributed by atoms with Gasteiger partial charge in [0.15, 0.2) is 5.75 Å². The summed E-state index contributed by atoms with van der Waals surface area (Å²) in [6.07, 6.45) is 3.36. The molecule has 2 aromatic rings. The van der Waals surface area contributed by atoms with Crippen LogP contribution in [-0.4, -0.2) is 22.3 Å². The van der Waals surface area contributed by atoms with Crippen LogP contribution in [0.5, 0.6) is 5.75 Å². The average Bonchev–Trinajstić information content (AvgIpc) is 2.38. The molecule has 2 rings (SSSR count). The van der Waals surface area contributed by atoms with Crippen molar-refractivity contribution in [1.82, 2.24) is 15.2 Å². The summed E-state index contributed by atoms with van der Waals surface area (Å²) in [5.74, 6) is 0.722. The first kappa shape index (κ1) is 11.3. The SMILES string of the molecule is COc1cnc(C)cc1NCc1cccnn1. The third kappa shape index (κ3) is 2.90. The highest BCUT2D eigenvalue weighted by Crippen LogP contribution is 2.23. The van der Waals surface area contributed by atoms with E-state index in [0.717, 1.165) is 22.8 Å². The van der Waals surface area contributed by atoms with Gasteiger partial charge in [0, 0.05) is 11.9 Å². The maximum atomic E-state index is 5.23. The van der Waals surface area contributed by atoms with Crippen LogP contribution in [0.15, 0.2) is 30.6 Å². The van der Waals surface area contributed by atoms with Gasteiger partial charge in [0.1, 0.15) is 0 Å². The molecular weight excluding hydrogens is 216 g/mol. The summed E-state index contributed by atoms with van der Waals surface area (Å²) in [6.45, 7) is 2.54. The fourth-order valence-corrected chi connectivity index (χ4v) is 1.46. The van der Waals surface area contributed by atoms with Gasteiger partial charge in [-0.05, 0) is 25.1 Å². The molecule has 0 aliphatic heterocycles. The smallest absolute Gasteiger partial charge is 0.160 e. The second-order valence-electron chi connectivity index (χ2n) is 3.59. The Hall–Kier alpha value is -2.17. The molecule has 2 heterocycles. The molecule has 0 spiro atoms. The molecular formula is C12H14N4O. The number of nitrogens with zero attached hydrogens (tertiary/aromatic N) is 3. The van der Waals surface area contributed by atoms with Gasteiger partial charge >= 0.3 is 0 Å². The van der Waals surface area contributed by atoms with Crippen molar-refractivity contribution >= 4 is 5.69 Å². The number of hydrogen-bond donors (Lipinski definition) is 1. The summed E-state index contributed by atoms with van der Waals surface area (Å²) >= 11 is 0. The third-order valence-electron chi connectivity index (χ3n) is 2.31. The molecule has 17 heavy (non-hydrogen) atoms. The van der Waals surface area contributed by atoms with Crippen LogP contribution in [0.1, 0.15) is 11.4 Å². The molecule has 0 bridgehead atoms. The molecule has 0 aromatic carbocycles. The zero-order chi connectivity index (χ0) is 12.1. The Morgan fingerprint density at radius 1 is 1.41 bits per heavy atom. The molecule has 0 amide bonds. The van der Waals surface area contributed by atoms with Gasteiger partial charge in [-0.1, -0.05) is 0 Å². The standard InChI is InChI=1S/C12H14N4O/c1-9-6-11(12(17-2)8-13-9)14-7-10-4-3-5-15-16-10/h3-6,8H,7H2,1-2H3,(H,13,14). The fourth-order valence-electron chi connectivity index (χ4n) is 1.46. The summed E-state index contributed by atoms with van der Waals surface area (Å²) in [6, 6.07) is 5.72. The maximum Gasteiger partial charge on any atom is 0.160 e. The highest BCUT2D eigenvalue weighted by atomic mass is 16.5. The van der Waals surface area contributed by atoms with E-state index in [4.69, 9.17) is 4.74 Å². The zero-order valence-corrected chi connectivity index (χ0v) is 9.84. The lowest BCUT2D eigenvalue weighted by molar-refractivity contribution is 0.414. The minimum atomic E-state index is 0.605. The number of hydrogen-bond acceptors (Lipinski definition) is 5. The molecule has 0 radical (unpaired) electrons. The van der Waals surface area contributed by atoms with Crippen LogP contribution in [-0.2, 0) is 6.54 Å². The molecule has 0 saturated carbocycles. The quantitative estimate of drug-likeness (QED) is 0.867. The van der Waals surface area contributed by atoms with Crippen LogP contribution in [0.4, 0.5) is 5.69 Å². The highest BCUT2D eigenvalue weighted by molar-refractivity contribution is 5.55. The predicted octanol–water partition coefficient (Wildman–Crippen LogP) is 1.80. The van der Waals surface area contributed by atoms with Crippen LogP contribution in [0.25, 0.3) is 0 Å². The molecule has 0 atom stereocenters. The average molecular weight is 230 g/mol. The van der Waals surface area contributed by atoms with E-state index < -0.39 is 0 Å². The van der Waals surface area contributed by atoms with E-state index in [-0.39, 0.29) is 0 Å². The minimum absolute atomic E-state index is 0.605. The molecule has 5 heteroatoms. The Balaban J connectivity index is 2.11. The van der Waals surface area contributed by atoms with E-state index in [1.165, 1.54) is 0 Å². The second kappa shape index (κ2) is 5.25. The predicted molar refractivity (Wildman–Crippen MR) is 64.9 cm³/mol. The van der Waals surface area contributed by atoms with E-state index in [1.807, 2.05) is 25.1 Å². The second-order valence-corrected chi connectivity index (χ2v) is 3.59. The zero-order valence-electron chi connectivity index (χ0n) is 9.84. The lowest BCUT2D eigenvalue weighted by atomic mass is 10.3. The monoisotopic (exact) mass is 230 g/mol. The van der Waals surface area contributed by atoms with Gasteiger partial charge in [0.25, 0.3) is 0 Å². The molecule has 2 aromatic heterocycles. The molecule has 0 aliphatic rings. The minimum Gasteiger partial charge on any atom is -0.493 e. The van der Waals surface area contributed by atoms with Crippen molar-refractivity contribution in [2.24, 2.45) is 0 Å². The maximum absolute atomic E-state index is 5.23. The molecule has 0 saturated heterocycles. The van der Waals surface area contributed by atoms with Gasteiger partial charge in [-0.2, -0.15) is 10.2 Å². The van der Waals surface area contributed by atoms with Gasteiger partial charge < -0.3 is 10.1 Å². The van der Waals surface area contributed by atoms with Gasteiger partial charge in [0.2, 0.25) is 0 Å². The molecule has 0 fully saturated rings. The number of aromatic nitrogens is 3. The number of rotatable bonds is 4. The van der Waals surface area contributed by atoms with Crippen molar-refractivity contribution in [3.8, 4) is 5.75 Å². The number of ether oxygens (including phenoxy) is 1. The van der Waals surface area contributed by atoms with E-state index in [1.54, 1.807) is 19.5 Å². The Kier molecular flexibility index (Phi) is 3.49. The van der Waals surface area contributed by atoms with Crippen LogP contribution in [0, 0.1) is 6.92 Å². The normalized spacial score (nSPS) is 10.0. The first-order valence-corrected chi connectivity index (χ1v) is 5.30. The Bertz CT molecular complexity index is 487. The highest BCUT2D eigenvalue weighted by Gasteiger charge is 2.03. The van der Waals surface area contributed by atoms with Crippen LogP contribution in [0.3, 0.4) is 0 Å². The van der Waals surface area contributed by atoms with Gasteiger partial charge in [0.05, 0.1) is 31.2 Å². The lowest BCUT2D eigenvalue weighted by Gasteiger charge is -2.10. The van der Waals surface area contributed by atoms with Crippen molar-refractivity contribution in [3.05, 3.63) is 42.0 Å². The Morgan fingerprint density at radius 3 is 3.00 bits per heavy atom. The van der Waals surface area contributed by atoms with E-state index in [2.05, 4.69) is 20.5 Å². The Labute approximate surface area is 99.9 Å². The molecule has 0 unspecified atom stereocenters. The molecule has 88 valence electrons. The largest absolute Gasteiger partial charge is 0.493 e. The fraction of sp³-hybridized carbons (Fsp3) is 0.250. The molecule has 0 aliphatic carbocycles. The van der Waals surface area contributed by atoms with Gasteiger partial charge in [-0.3, -0.25) is 4.98 Å². The van der Waals surface area contributed by atoms with E-state index in [0.29, 0.717) is 6.54 Å².